The number of carbonyl (C=O) groups is 1. The molecule has 0 atom stereocenters. The van der Waals surface area contributed by atoms with Crippen LogP contribution in [0.5, 0.6) is 5.75 Å². The van der Waals surface area contributed by atoms with E-state index in [1.807, 2.05) is 6.92 Å². The highest BCUT2D eigenvalue weighted by atomic mass is 28.3. The van der Waals surface area contributed by atoms with E-state index in [9.17, 15) is 14.3 Å². The SMILES string of the molecule is [2H]C([2H])(O)c1ncc(CN(C)C(=O)c2ccc(-c3cccc(F)c3)c(OCC)c2)c2c1cnn2COCC[Si](C)(C)C. The van der Waals surface area contributed by atoms with Gasteiger partial charge in [0.1, 0.15) is 18.3 Å². The molecule has 1 N–H and O–H groups in total. The van der Waals surface area contributed by atoms with Crippen molar-refractivity contribution in [1.82, 2.24) is 19.7 Å². The zero-order chi connectivity index (χ0) is 30.7. The maximum absolute atomic E-state index is 13.9. The first-order chi connectivity index (χ1) is 19.8. The Morgan fingerprint density at radius 3 is 2.70 bits per heavy atom. The molecule has 40 heavy (non-hydrogen) atoms. The first-order valence-corrected chi connectivity index (χ1v) is 16.9. The van der Waals surface area contributed by atoms with Crippen molar-refractivity contribution in [3.05, 3.63) is 77.5 Å². The molecule has 0 radical (unpaired) electrons. The fraction of sp³-hybridized carbons (Fsp3) is 0.367. The van der Waals surface area contributed by atoms with Crippen molar-refractivity contribution < 1.29 is 26.5 Å². The molecular weight excluding hydrogens is 527 g/mol. The molecule has 10 heteroatoms. The lowest BCUT2D eigenvalue weighted by Gasteiger charge is -2.20. The lowest BCUT2D eigenvalue weighted by atomic mass is 10.0. The second-order valence-electron chi connectivity index (χ2n) is 10.8. The molecule has 0 bridgehead atoms. The van der Waals surface area contributed by atoms with Crippen LogP contribution in [0, 0.1) is 5.82 Å². The number of amides is 1. The molecule has 0 spiro atoms. The summed E-state index contributed by atoms with van der Waals surface area (Å²) in [6.45, 7) is 7.15. The number of halogens is 1. The first-order valence-electron chi connectivity index (χ1n) is 14.2. The molecule has 0 aliphatic heterocycles. The topological polar surface area (TPSA) is 89.7 Å². The van der Waals surface area contributed by atoms with Gasteiger partial charge in [-0.25, -0.2) is 9.07 Å². The Hall–Kier alpha value is -3.60. The average Bonchev–Trinajstić information content (AvgIpc) is 3.34. The Morgan fingerprint density at radius 1 is 1.20 bits per heavy atom. The normalized spacial score (nSPS) is 12.8. The van der Waals surface area contributed by atoms with E-state index in [0.717, 1.165) is 6.04 Å². The third-order valence-corrected chi connectivity index (χ3v) is 8.19. The number of benzene rings is 2. The molecule has 2 aromatic carbocycles. The van der Waals surface area contributed by atoms with Gasteiger partial charge in [-0.15, -0.1) is 0 Å². The van der Waals surface area contributed by atoms with Gasteiger partial charge in [-0.3, -0.25) is 9.78 Å². The lowest BCUT2D eigenvalue weighted by Crippen LogP contribution is -2.27. The summed E-state index contributed by atoms with van der Waals surface area (Å²) in [5.74, 6) is -0.181. The van der Waals surface area contributed by atoms with Gasteiger partial charge in [0.05, 0.1) is 33.3 Å². The molecular formula is C30H37FN4O4Si. The van der Waals surface area contributed by atoms with Crippen molar-refractivity contribution in [3.63, 3.8) is 0 Å². The van der Waals surface area contributed by atoms with Gasteiger partial charge in [0.15, 0.2) is 0 Å². The zero-order valence-corrected chi connectivity index (χ0v) is 24.6. The van der Waals surface area contributed by atoms with E-state index in [2.05, 4.69) is 29.7 Å². The molecule has 0 unspecified atom stereocenters. The summed E-state index contributed by atoms with van der Waals surface area (Å²) < 4.78 is 42.9. The number of rotatable bonds is 12. The third-order valence-electron chi connectivity index (χ3n) is 6.48. The van der Waals surface area contributed by atoms with Crippen LogP contribution in [0.15, 0.2) is 54.9 Å². The number of nitrogens with zero attached hydrogens (tertiary/aromatic N) is 4. The minimum atomic E-state index is -2.68. The molecule has 0 aliphatic rings. The summed E-state index contributed by atoms with van der Waals surface area (Å²) in [7, 11) is 0.356. The molecule has 0 aliphatic carbocycles. The van der Waals surface area contributed by atoms with Crippen molar-refractivity contribution in [2.24, 2.45) is 0 Å². The first kappa shape index (κ1) is 26.6. The molecule has 0 saturated heterocycles. The standard InChI is InChI=1S/C30H37FN4O4Si/c1-6-39-28-15-22(10-11-25(28)21-8-7-9-24(31)14-21)30(37)34(2)18-23-16-32-27(19-36)26-17-33-35(29(23)26)20-38-12-13-40(3,4)5/h7-11,14-17,36H,6,12-13,18-20H2,1-5H3/i19D2. The number of hydrogen-bond acceptors (Lipinski definition) is 6. The van der Waals surface area contributed by atoms with E-state index in [0.29, 0.717) is 52.1 Å². The van der Waals surface area contributed by atoms with E-state index < -0.39 is 14.6 Å². The summed E-state index contributed by atoms with van der Waals surface area (Å²) in [6, 6.07) is 12.2. The van der Waals surface area contributed by atoms with Crippen LogP contribution < -0.4 is 4.74 Å². The summed E-state index contributed by atoms with van der Waals surface area (Å²) >= 11 is 0. The molecule has 4 aromatic rings. The molecule has 8 nitrogen and oxygen atoms in total. The van der Waals surface area contributed by atoms with Gasteiger partial charge in [-0.1, -0.05) is 31.8 Å². The maximum Gasteiger partial charge on any atom is 0.254 e. The third kappa shape index (κ3) is 6.93. The number of aliphatic hydroxyl groups is 1. The number of aromatic nitrogens is 3. The molecule has 212 valence electrons. The van der Waals surface area contributed by atoms with Crippen LogP contribution in [0.4, 0.5) is 4.39 Å². The zero-order valence-electron chi connectivity index (χ0n) is 25.6. The van der Waals surface area contributed by atoms with Crippen molar-refractivity contribution >= 4 is 24.9 Å². The monoisotopic (exact) mass is 566 g/mol. The second-order valence-corrected chi connectivity index (χ2v) is 16.4. The average molecular weight is 567 g/mol. The van der Waals surface area contributed by atoms with Crippen molar-refractivity contribution in [3.8, 4) is 16.9 Å². The molecule has 2 aromatic heterocycles. The van der Waals surface area contributed by atoms with Gasteiger partial charge in [0.2, 0.25) is 0 Å². The van der Waals surface area contributed by atoms with Crippen molar-refractivity contribution in [1.29, 1.82) is 0 Å². The predicted octanol–water partition coefficient (Wildman–Crippen LogP) is 5.71. The number of fused-ring (bicyclic) bond motifs is 1. The quantitative estimate of drug-likeness (QED) is 0.174. The molecule has 1 amide bonds. The summed E-state index contributed by atoms with van der Waals surface area (Å²) in [5, 5.41) is 14.8. The minimum Gasteiger partial charge on any atom is -0.493 e. The van der Waals surface area contributed by atoms with Crippen LogP contribution in [0.25, 0.3) is 22.0 Å². The van der Waals surface area contributed by atoms with Crippen LogP contribution in [0.1, 0.15) is 31.3 Å². The highest BCUT2D eigenvalue weighted by Gasteiger charge is 2.20. The number of carbonyl (C=O) groups excluding carboxylic acids is 1. The van der Waals surface area contributed by atoms with Gasteiger partial charge in [-0.2, -0.15) is 5.10 Å². The van der Waals surface area contributed by atoms with E-state index in [1.165, 1.54) is 29.4 Å². The van der Waals surface area contributed by atoms with Crippen LogP contribution in [-0.2, 0) is 24.6 Å². The van der Waals surface area contributed by atoms with Crippen molar-refractivity contribution in [2.75, 3.05) is 20.3 Å². The van der Waals surface area contributed by atoms with Crippen LogP contribution in [0.3, 0.4) is 0 Å². The lowest BCUT2D eigenvalue weighted by molar-refractivity contribution is 0.0781. The minimum absolute atomic E-state index is 0.132. The molecule has 4 rings (SSSR count). The van der Waals surface area contributed by atoms with Gasteiger partial charge in [0.25, 0.3) is 5.91 Å². The van der Waals surface area contributed by atoms with Crippen LogP contribution >= 0.6 is 0 Å². The number of hydrogen-bond donors (Lipinski definition) is 1. The van der Waals surface area contributed by atoms with Crippen molar-refractivity contribution in [2.45, 2.75) is 52.4 Å². The van der Waals surface area contributed by atoms with E-state index in [4.69, 9.17) is 12.2 Å². The Morgan fingerprint density at radius 2 is 2.00 bits per heavy atom. The summed E-state index contributed by atoms with van der Waals surface area (Å²) in [4.78, 5) is 19.3. The number of pyridine rings is 1. The highest BCUT2D eigenvalue weighted by molar-refractivity contribution is 6.76. The fourth-order valence-electron chi connectivity index (χ4n) is 4.38. The Kier molecular flexibility index (Phi) is 8.46. The molecule has 0 fully saturated rings. The van der Waals surface area contributed by atoms with E-state index in [1.54, 1.807) is 42.1 Å². The van der Waals surface area contributed by atoms with Crippen LogP contribution in [0.2, 0.25) is 25.7 Å². The molecule has 0 saturated carbocycles. The summed E-state index contributed by atoms with van der Waals surface area (Å²) in [6.07, 6.45) is 2.91. The Bertz CT molecular complexity index is 1570. The number of ether oxygens (including phenoxy) is 2. The maximum atomic E-state index is 13.9. The van der Waals surface area contributed by atoms with E-state index in [-0.39, 0.29) is 30.7 Å². The van der Waals surface area contributed by atoms with Gasteiger partial charge in [-0.05, 0) is 48.9 Å². The largest absolute Gasteiger partial charge is 0.493 e. The highest BCUT2D eigenvalue weighted by Crippen LogP contribution is 2.32. The Labute approximate surface area is 238 Å². The Balaban J connectivity index is 1.63. The fourth-order valence-corrected chi connectivity index (χ4v) is 5.13. The summed E-state index contributed by atoms with van der Waals surface area (Å²) in [5.41, 5.74) is 2.69. The van der Waals surface area contributed by atoms with Crippen LogP contribution in [-0.4, -0.2) is 59.0 Å². The van der Waals surface area contributed by atoms with E-state index >= 15 is 0 Å². The predicted molar refractivity (Wildman–Crippen MR) is 156 cm³/mol. The van der Waals surface area contributed by atoms with Gasteiger partial charge >= 0.3 is 0 Å². The smallest absolute Gasteiger partial charge is 0.254 e. The second kappa shape index (κ2) is 12.7. The molecule has 2 heterocycles. The van der Waals surface area contributed by atoms with Gasteiger partial charge < -0.3 is 19.5 Å². The van der Waals surface area contributed by atoms with Gasteiger partial charge in [0, 0.05) is 56.5 Å².